The van der Waals surface area contributed by atoms with Crippen LogP contribution in [0.4, 0.5) is 0 Å². The fraction of sp³-hybridized carbons (Fsp3) is 0.444. The van der Waals surface area contributed by atoms with Gasteiger partial charge in [0, 0.05) is 18.0 Å². The lowest BCUT2D eigenvalue weighted by Crippen LogP contribution is -2.43. The first kappa shape index (κ1) is 15.7. The third-order valence-electron chi connectivity index (χ3n) is 4.75. The molecule has 0 aliphatic carbocycles. The van der Waals surface area contributed by atoms with Crippen molar-refractivity contribution in [3.8, 4) is 5.75 Å². The van der Waals surface area contributed by atoms with Crippen molar-refractivity contribution in [2.24, 2.45) is 5.92 Å². The van der Waals surface area contributed by atoms with Crippen molar-refractivity contribution in [1.29, 1.82) is 0 Å². The average molecular weight is 314 g/mol. The van der Waals surface area contributed by atoms with Gasteiger partial charge in [0.15, 0.2) is 0 Å². The Kier molecular flexibility index (Phi) is 4.48. The Hall–Kier alpha value is -2.14. The number of benzene rings is 1. The van der Waals surface area contributed by atoms with Crippen LogP contribution in [0.25, 0.3) is 10.9 Å². The minimum atomic E-state index is -0.674. The molecule has 2 unspecified atom stereocenters. The van der Waals surface area contributed by atoms with E-state index in [-0.39, 0.29) is 11.7 Å². The molecule has 1 aliphatic heterocycles. The van der Waals surface area contributed by atoms with Crippen molar-refractivity contribution >= 4 is 16.9 Å². The molecule has 2 aromatic rings. The van der Waals surface area contributed by atoms with Gasteiger partial charge in [-0.05, 0) is 50.1 Å². The molecule has 0 amide bonds. The summed E-state index contributed by atoms with van der Waals surface area (Å²) in [5, 5.41) is 19.7. The van der Waals surface area contributed by atoms with E-state index in [4.69, 9.17) is 0 Å². The van der Waals surface area contributed by atoms with E-state index in [0.717, 1.165) is 36.1 Å². The number of hydrogen-bond donors (Lipinski definition) is 2. The molecular weight excluding hydrogens is 292 g/mol. The van der Waals surface area contributed by atoms with Crippen LogP contribution in [0.2, 0.25) is 0 Å². The predicted octanol–water partition coefficient (Wildman–Crippen LogP) is 3.02. The zero-order valence-electron chi connectivity index (χ0n) is 13.3. The first-order valence-corrected chi connectivity index (χ1v) is 8.12. The molecule has 0 spiro atoms. The largest absolute Gasteiger partial charge is 0.508 e. The highest BCUT2D eigenvalue weighted by Gasteiger charge is 2.31. The number of aromatic nitrogens is 1. The second-order valence-corrected chi connectivity index (χ2v) is 6.27. The topological polar surface area (TPSA) is 73.7 Å². The van der Waals surface area contributed by atoms with Gasteiger partial charge in [0.25, 0.3) is 0 Å². The highest BCUT2D eigenvalue weighted by molar-refractivity contribution is 5.80. The van der Waals surface area contributed by atoms with Crippen molar-refractivity contribution in [3.63, 3.8) is 0 Å². The third-order valence-corrected chi connectivity index (χ3v) is 4.75. The van der Waals surface area contributed by atoms with E-state index in [1.165, 1.54) is 0 Å². The van der Waals surface area contributed by atoms with Crippen LogP contribution in [-0.4, -0.2) is 38.7 Å². The van der Waals surface area contributed by atoms with Crippen molar-refractivity contribution in [2.45, 2.75) is 38.8 Å². The molecule has 1 fully saturated rings. The van der Waals surface area contributed by atoms with Crippen LogP contribution in [0.15, 0.2) is 30.3 Å². The molecular formula is C18H22N2O3. The van der Waals surface area contributed by atoms with Crippen LogP contribution in [0.3, 0.4) is 0 Å². The molecule has 2 heterocycles. The molecule has 0 bridgehead atoms. The monoisotopic (exact) mass is 314 g/mol. The smallest absolute Gasteiger partial charge is 0.306 e. The van der Waals surface area contributed by atoms with Gasteiger partial charge in [-0.1, -0.05) is 13.0 Å². The van der Waals surface area contributed by atoms with Gasteiger partial charge < -0.3 is 10.2 Å². The van der Waals surface area contributed by atoms with Crippen molar-refractivity contribution in [3.05, 3.63) is 36.0 Å². The number of rotatable bonds is 4. The van der Waals surface area contributed by atoms with Gasteiger partial charge in [0.1, 0.15) is 5.75 Å². The molecule has 122 valence electrons. The average Bonchev–Trinajstić information content (AvgIpc) is 2.55. The summed E-state index contributed by atoms with van der Waals surface area (Å²) in [7, 11) is 0. The first-order valence-electron chi connectivity index (χ1n) is 8.12. The number of hydrogen-bond acceptors (Lipinski definition) is 4. The van der Waals surface area contributed by atoms with Crippen LogP contribution in [0.1, 0.15) is 31.9 Å². The molecule has 1 saturated heterocycles. The second-order valence-electron chi connectivity index (χ2n) is 6.27. The molecule has 2 atom stereocenters. The van der Waals surface area contributed by atoms with E-state index in [1.807, 2.05) is 18.2 Å². The highest BCUT2D eigenvalue weighted by atomic mass is 16.4. The molecule has 23 heavy (non-hydrogen) atoms. The second kappa shape index (κ2) is 6.54. The van der Waals surface area contributed by atoms with E-state index in [0.29, 0.717) is 18.9 Å². The molecule has 2 N–H and O–H groups in total. The number of carboxylic acid groups (broad SMARTS) is 1. The maximum absolute atomic E-state index is 11.2. The van der Waals surface area contributed by atoms with E-state index in [1.54, 1.807) is 12.1 Å². The number of pyridine rings is 1. The van der Waals surface area contributed by atoms with Gasteiger partial charge in [-0.25, -0.2) is 0 Å². The Labute approximate surface area is 135 Å². The van der Waals surface area contributed by atoms with Crippen LogP contribution in [-0.2, 0) is 11.3 Å². The first-order chi connectivity index (χ1) is 11.1. The maximum atomic E-state index is 11.2. The molecule has 1 aromatic heterocycles. The lowest BCUT2D eigenvalue weighted by atomic mass is 9.89. The molecule has 1 aromatic carbocycles. The minimum Gasteiger partial charge on any atom is -0.508 e. The molecule has 0 radical (unpaired) electrons. The van der Waals surface area contributed by atoms with E-state index in [2.05, 4.69) is 16.8 Å². The van der Waals surface area contributed by atoms with Crippen molar-refractivity contribution in [2.75, 3.05) is 6.54 Å². The van der Waals surface area contributed by atoms with Gasteiger partial charge in [-0.3, -0.25) is 14.7 Å². The number of phenols is 1. The molecule has 5 nitrogen and oxygen atoms in total. The van der Waals surface area contributed by atoms with Gasteiger partial charge in [0.2, 0.25) is 0 Å². The fourth-order valence-corrected chi connectivity index (χ4v) is 3.41. The van der Waals surface area contributed by atoms with Gasteiger partial charge in [0.05, 0.1) is 17.1 Å². The standard InChI is InChI=1S/C18H22N2O3/c1-2-15-9-13(18(22)23)7-8-20(15)11-14-4-3-12-10-16(21)5-6-17(12)19-14/h3-6,10,13,15,21H,2,7-9,11H2,1H3,(H,22,23). The summed E-state index contributed by atoms with van der Waals surface area (Å²) < 4.78 is 0. The lowest BCUT2D eigenvalue weighted by Gasteiger charge is -2.37. The summed E-state index contributed by atoms with van der Waals surface area (Å²) >= 11 is 0. The number of piperidine rings is 1. The molecule has 3 rings (SSSR count). The SMILES string of the molecule is CCC1CC(C(=O)O)CCN1Cc1ccc2cc(O)ccc2n1. The van der Waals surface area contributed by atoms with Gasteiger partial charge >= 0.3 is 5.97 Å². The molecule has 0 saturated carbocycles. The van der Waals surface area contributed by atoms with Crippen molar-refractivity contribution in [1.82, 2.24) is 9.88 Å². The normalized spacial score (nSPS) is 22.3. The number of likely N-dealkylation sites (tertiary alicyclic amines) is 1. The molecule has 1 aliphatic rings. The number of carboxylic acids is 1. The summed E-state index contributed by atoms with van der Waals surface area (Å²) in [6.07, 6.45) is 2.37. The number of phenolic OH excluding ortho intramolecular Hbond substituents is 1. The fourth-order valence-electron chi connectivity index (χ4n) is 3.41. The number of fused-ring (bicyclic) bond motifs is 1. The Morgan fingerprint density at radius 1 is 1.35 bits per heavy atom. The molecule has 5 heteroatoms. The highest BCUT2D eigenvalue weighted by Crippen LogP contribution is 2.27. The predicted molar refractivity (Wildman–Crippen MR) is 88.3 cm³/mol. The Balaban J connectivity index is 1.75. The number of carbonyl (C=O) groups is 1. The van der Waals surface area contributed by atoms with E-state index >= 15 is 0 Å². The number of aromatic hydroxyl groups is 1. The van der Waals surface area contributed by atoms with Crippen LogP contribution in [0.5, 0.6) is 5.75 Å². The lowest BCUT2D eigenvalue weighted by molar-refractivity contribution is -0.144. The quantitative estimate of drug-likeness (QED) is 0.907. The van der Waals surface area contributed by atoms with Crippen LogP contribution < -0.4 is 0 Å². The van der Waals surface area contributed by atoms with E-state index in [9.17, 15) is 15.0 Å². The van der Waals surface area contributed by atoms with Crippen molar-refractivity contribution < 1.29 is 15.0 Å². The summed E-state index contributed by atoms with van der Waals surface area (Å²) in [5.41, 5.74) is 1.85. The summed E-state index contributed by atoms with van der Waals surface area (Å²) in [4.78, 5) is 18.2. The zero-order chi connectivity index (χ0) is 16.4. The van der Waals surface area contributed by atoms with Crippen LogP contribution >= 0.6 is 0 Å². The van der Waals surface area contributed by atoms with Crippen LogP contribution in [0, 0.1) is 5.92 Å². The number of nitrogens with zero attached hydrogens (tertiary/aromatic N) is 2. The summed E-state index contributed by atoms with van der Waals surface area (Å²) in [5.74, 6) is -0.649. The van der Waals surface area contributed by atoms with Gasteiger partial charge in [-0.2, -0.15) is 0 Å². The third kappa shape index (κ3) is 3.45. The van der Waals surface area contributed by atoms with E-state index < -0.39 is 5.97 Å². The Morgan fingerprint density at radius 2 is 2.17 bits per heavy atom. The Morgan fingerprint density at radius 3 is 2.91 bits per heavy atom. The van der Waals surface area contributed by atoms with Gasteiger partial charge in [-0.15, -0.1) is 0 Å². The minimum absolute atomic E-state index is 0.219. The summed E-state index contributed by atoms with van der Waals surface area (Å²) in [6, 6.07) is 9.43. The zero-order valence-corrected chi connectivity index (χ0v) is 13.3. The maximum Gasteiger partial charge on any atom is 0.306 e. The Bertz CT molecular complexity index is 716. The number of aliphatic carboxylic acids is 1. The summed E-state index contributed by atoms with van der Waals surface area (Å²) in [6.45, 7) is 3.64.